The first-order valence-electron chi connectivity index (χ1n) is 9.54. The molecule has 0 saturated carbocycles. The van der Waals surface area contributed by atoms with Crippen LogP contribution in [0, 0.1) is 13.8 Å². The van der Waals surface area contributed by atoms with E-state index in [1.165, 1.54) is 4.31 Å². The standard InChI is InChI=1S/C20H27N3O4S2/c1-17-8-9-18(2)20(16-17)29(26,27)21-10-15-28(24,25)23-13-11-22(12-14-23)19-6-4-3-5-7-19/h3-9,16,21H,10-15H2,1-2H3. The van der Waals surface area contributed by atoms with Crippen molar-refractivity contribution in [2.45, 2.75) is 18.7 Å². The Kier molecular flexibility index (Phi) is 6.62. The van der Waals surface area contributed by atoms with Gasteiger partial charge in [-0.1, -0.05) is 30.3 Å². The Bertz CT molecular complexity index is 1050. The van der Waals surface area contributed by atoms with Crippen molar-refractivity contribution in [3.05, 3.63) is 59.7 Å². The Hall–Kier alpha value is -1.94. The van der Waals surface area contributed by atoms with Crippen molar-refractivity contribution in [3.63, 3.8) is 0 Å². The second-order valence-electron chi connectivity index (χ2n) is 7.20. The first-order chi connectivity index (χ1) is 13.7. The number of nitrogens with one attached hydrogen (secondary N) is 1. The van der Waals surface area contributed by atoms with E-state index < -0.39 is 20.0 Å². The lowest BCUT2D eigenvalue weighted by molar-refractivity contribution is 0.385. The summed E-state index contributed by atoms with van der Waals surface area (Å²) in [6, 6.07) is 15.1. The molecule has 9 heteroatoms. The summed E-state index contributed by atoms with van der Waals surface area (Å²) in [4.78, 5) is 2.33. The van der Waals surface area contributed by atoms with E-state index >= 15 is 0 Å². The molecule has 1 aliphatic heterocycles. The van der Waals surface area contributed by atoms with Gasteiger partial charge in [0.1, 0.15) is 0 Å². The number of anilines is 1. The van der Waals surface area contributed by atoms with Crippen LogP contribution in [-0.2, 0) is 20.0 Å². The molecule has 0 atom stereocenters. The second-order valence-corrected chi connectivity index (χ2v) is 11.0. The molecule has 2 aromatic carbocycles. The van der Waals surface area contributed by atoms with E-state index in [-0.39, 0.29) is 17.2 Å². The average molecular weight is 438 g/mol. The molecule has 0 aromatic heterocycles. The quantitative estimate of drug-likeness (QED) is 0.713. The van der Waals surface area contributed by atoms with Crippen molar-refractivity contribution >= 4 is 25.7 Å². The van der Waals surface area contributed by atoms with E-state index in [1.54, 1.807) is 19.1 Å². The van der Waals surface area contributed by atoms with Crippen molar-refractivity contribution in [1.82, 2.24) is 9.03 Å². The molecule has 1 aliphatic rings. The predicted molar refractivity (Wildman–Crippen MR) is 115 cm³/mol. The Labute approximate surface area is 173 Å². The average Bonchev–Trinajstić information content (AvgIpc) is 2.70. The topological polar surface area (TPSA) is 86.8 Å². The molecular weight excluding hydrogens is 410 g/mol. The molecule has 0 aliphatic carbocycles. The molecule has 158 valence electrons. The van der Waals surface area contributed by atoms with E-state index in [0.717, 1.165) is 11.3 Å². The molecule has 1 N–H and O–H groups in total. The minimum Gasteiger partial charge on any atom is -0.369 e. The van der Waals surface area contributed by atoms with Gasteiger partial charge in [-0.05, 0) is 43.2 Å². The van der Waals surface area contributed by atoms with Gasteiger partial charge in [-0.25, -0.2) is 21.6 Å². The number of hydrogen-bond acceptors (Lipinski definition) is 5. The largest absolute Gasteiger partial charge is 0.369 e. The molecule has 0 radical (unpaired) electrons. The van der Waals surface area contributed by atoms with Gasteiger partial charge in [-0.3, -0.25) is 0 Å². The first-order valence-corrected chi connectivity index (χ1v) is 12.6. The normalized spacial score (nSPS) is 16.1. The molecular formula is C20H27N3O4S2. The monoisotopic (exact) mass is 437 g/mol. The molecule has 1 saturated heterocycles. The Morgan fingerprint density at radius 2 is 1.55 bits per heavy atom. The van der Waals surface area contributed by atoms with Crippen LogP contribution in [0.4, 0.5) is 5.69 Å². The zero-order valence-corrected chi connectivity index (χ0v) is 18.3. The lowest BCUT2D eigenvalue weighted by atomic mass is 10.2. The number of aryl methyl sites for hydroxylation is 2. The lowest BCUT2D eigenvalue weighted by Crippen LogP contribution is -2.50. The predicted octanol–water partition coefficient (Wildman–Crippen LogP) is 1.73. The molecule has 0 amide bonds. The number of benzene rings is 2. The first kappa shape index (κ1) is 21.8. The maximum atomic E-state index is 12.6. The van der Waals surface area contributed by atoms with Crippen LogP contribution >= 0.6 is 0 Å². The maximum Gasteiger partial charge on any atom is 0.240 e. The molecule has 7 nitrogen and oxygen atoms in total. The van der Waals surface area contributed by atoms with Crippen LogP contribution in [0.5, 0.6) is 0 Å². The highest BCUT2D eigenvalue weighted by molar-refractivity contribution is 7.90. The lowest BCUT2D eigenvalue weighted by Gasteiger charge is -2.35. The molecule has 1 heterocycles. The molecule has 3 rings (SSSR count). The second kappa shape index (κ2) is 8.83. The number of nitrogens with zero attached hydrogens (tertiary/aromatic N) is 2. The van der Waals surface area contributed by atoms with Crippen LogP contribution < -0.4 is 9.62 Å². The highest BCUT2D eigenvalue weighted by Gasteiger charge is 2.27. The molecule has 0 unspecified atom stereocenters. The fourth-order valence-electron chi connectivity index (χ4n) is 3.37. The van der Waals surface area contributed by atoms with Crippen LogP contribution in [-0.4, -0.2) is 59.6 Å². The summed E-state index contributed by atoms with van der Waals surface area (Å²) < 4.78 is 54.2. The summed E-state index contributed by atoms with van der Waals surface area (Å²) in [7, 11) is -7.28. The SMILES string of the molecule is Cc1ccc(C)c(S(=O)(=O)NCCS(=O)(=O)N2CCN(c3ccccc3)CC2)c1. The zero-order valence-electron chi connectivity index (χ0n) is 16.7. The van der Waals surface area contributed by atoms with Gasteiger partial charge in [0.15, 0.2) is 0 Å². The summed E-state index contributed by atoms with van der Waals surface area (Å²) in [5, 5.41) is 0. The summed E-state index contributed by atoms with van der Waals surface area (Å²) in [6.45, 7) is 5.38. The van der Waals surface area contributed by atoms with E-state index in [9.17, 15) is 16.8 Å². The van der Waals surface area contributed by atoms with Gasteiger partial charge in [0, 0.05) is 38.4 Å². The Morgan fingerprint density at radius 1 is 0.897 bits per heavy atom. The Morgan fingerprint density at radius 3 is 2.21 bits per heavy atom. The van der Waals surface area contributed by atoms with Crippen LogP contribution in [0.3, 0.4) is 0 Å². The summed E-state index contributed by atoms with van der Waals surface area (Å²) >= 11 is 0. The molecule has 0 spiro atoms. The number of piperazine rings is 1. The van der Waals surface area contributed by atoms with Crippen molar-refractivity contribution in [2.75, 3.05) is 43.4 Å². The van der Waals surface area contributed by atoms with Crippen molar-refractivity contribution < 1.29 is 16.8 Å². The maximum absolute atomic E-state index is 12.6. The molecule has 1 fully saturated rings. The summed E-state index contributed by atoms with van der Waals surface area (Å²) in [5.41, 5.74) is 2.54. The van der Waals surface area contributed by atoms with Gasteiger partial charge < -0.3 is 4.90 Å². The molecule has 0 bridgehead atoms. The van der Waals surface area contributed by atoms with E-state index in [4.69, 9.17) is 0 Å². The molecule has 2 aromatic rings. The van der Waals surface area contributed by atoms with Gasteiger partial charge in [0.2, 0.25) is 20.0 Å². The fraction of sp³-hybridized carbons (Fsp3) is 0.400. The smallest absolute Gasteiger partial charge is 0.240 e. The van der Waals surface area contributed by atoms with Crippen LogP contribution in [0.15, 0.2) is 53.4 Å². The zero-order chi connectivity index (χ0) is 21.1. The summed E-state index contributed by atoms with van der Waals surface area (Å²) in [5.74, 6) is -0.261. The van der Waals surface area contributed by atoms with Crippen molar-refractivity contribution in [2.24, 2.45) is 0 Å². The van der Waals surface area contributed by atoms with Crippen LogP contribution in [0.2, 0.25) is 0 Å². The third-order valence-electron chi connectivity index (χ3n) is 5.04. The van der Waals surface area contributed by atoms with E-state index in [0.29, 0.717) is 31.7 Å². The summed E-state index contributed by atoms with van der Waals surface area (Å²) in [6.07, 6.45) is 0. The minimum absolute atomic E-state index is 0.156. The molecule has 29 heavy (non-hydrogen) atoms. The Balaban J connectivity index is 1.56. The van der Waals surface area contributed by atoms with Gasteiger partial charge in [-0.2, -0.15) is 4.31 Å². The fourth-order valence-corrected chi connectivity index (χ4v) is 6.20. The third-order valence-corrected chi connectivity index (χ3v) is 8.51. The number of rotatable bonds is 7. The van der Waals surface area contributed by atoms with Gasteiger partial charge in [0.25, 0.3) is 0 Å². The minimum atomic E-state index is -3.75. The van der Waals surface area contributed by atoms with Crippen LogP contribution in [0.25, 0.3) is 0 Å². The van der Waals surface area contributed by atoms with Gasteiger partial charge >= 0.3 is 0 Å². The third kappa shape index (κ3) is 5.36. The number of hydrogen-bond donors (Lipinski definition) is 1. The van der Waals surface area contributed by atoms with E-state index in [2.05, 4.69) is 9.62 Å². The highest BCUT2D eigenvalue weighted by Crippen LogP contribution is 2.18. The number of para-hydroxylation sites is 1. The van der Waals surface area contributed by atoms with Crippen molar-refractivity contribution in [1.29, 1.82) is 0 Å². The van der Waals surface area contributed by atoms with Gasteiger partial charge in [-0.15, -0.1) is 0 Å². The van der Waals surface area contributed by atoms with Crippen molar-refractivity contribution in [3.8, 4) is 0 Å². The van der Waals surface area contributed by atoms with E-state index in [1.807, 2.05) is 43.3 Å². The number of sulfonamides is 2. The van der Waals surface area contributed by atoms with Crippen LogP contribution in [0.1, 0.15) is 11.1 Å². The highest BCUT2D eigenvalue weighted by atomic mass is 32.2. The van der Waals surface area contributed by atoms with Gasteiger partial charge in [0.05, 0.1) is 10.6 Å².